The van der Waals surface area contributed by atoms with Crippen LogP contribution in [0.2, 0.25) is 5.02 Å². The third-order valence-corrected chi connectivity index (χ3v) is 4.62. The number of hydrogen-bond donors (Lipinski definition) is 0. The molecular formula is C18H17ClN2O3S. The standard InChI is InChI=1S/C18H17ClN2O3S/c1-11(2)7-13(22)10-21-6-5-14(9-17(21)23)24-18-20-15-4-3-12(19)8-16(15)25-18/h3-6,8-9,11H,7,10H2,1-2H3. The van der Waals surface area contributed by atoms with E-state index >= 15 is 0 Å². The minimum absolute atomic E-state index is 0.0359. The Balaban J connectivity index is 1.75. The van der Waals surface area contributed by atoms with Crippen LogP contribution in [0.25, 0.3) is 10.2 Å². The van der Waals surface area contributed by atoms with Gasteiger partial charge in [0.15, 0.2) is 5.78 Å². The number of hydrogen-bond acceptors (Lipinski definition) is 5. The van der Waals surface area contributed by atoms with Gasteiger partial charge in [-0.1, -0.05) is 36.8 Å². The van der Waals surface area contributed by atoms with Gasteiger partial charge in [0.05, 0.1) is 16.8 Å². The zero-order chi connectivity index (χ0) is 18.0. The Morgan fingerprint density at radius 1 is 1.32 bits per heavy atom. The molecule has 7 heteroatoms. The van der Waals surface area contributed by atoms with Crippen molar-refractivity contribution in [2.45, 2.75) is 26.8 Å². The second-order valence-corrected chi connectivity index (χ2v) is 7.59. The fourth-order valence-corrected chi connectivity index (χ4v) is 3.53. The van der Waals surface area contributed by atoms with Crippen molar-refractivity contribution in [2.24, 2.45) is 5.92 Å². The number of halogens is 1. The molecule has 0 N–H and O–H groups in total. The van der Waals surface area contributed by atoms with Crippen LogP contribution in [0, 0.1) is 5.92 Å². The van der Waals surface area contributed by atoms with Crippen molar-refractivity contribution in [3.63, 3.8) is 0 Å². The van der Waals surface area contributed by atoms with Crippen molar-refractivity contribution < 1.29 is 9.53 Å². The first kappa shape index (κ1) is 17.6. The second-order valence-electron chi connectivity index (χ2n) is 6.16. The highest BCUT2D eigenvalue weighted by Crippen LogP contribution is 2.32. The van der Waals surface area contributed by atoms with Crippen molar-refractivity contribution in [3.05, 3.63) is 51.9 Å². The summed E-state index contributed by atoms with van der Waals surface area (Å²) in [4.78, 5) is 28.4. The molecule has 0 fully saturated rings. The molecule has 0 aliphatic heterocycles. The van der Waals surface area contributed by atoms with Crippen LogP contribution in [-0.2, 0) is 11.3 Å². The Labute approximate surface area is 153 Å². The first-order chi connectivity index (χ1) is 11.9. The molecular weight excluding hydrogens is 360 g/mol. The van der Waals surface area contributed by atoms with E-state index in [-0.39, 0.29) is 23.8 Å². The van der Waals surface area contributed by atoms with Gasteiger partial charge in [-0.25, -0.2) is 4.98 Å². The van der Waals surface area contributed by atoms with Crippen LogP contribution in [0.5, 0.6) is 10.9 Å². The average Bonchev–Trinajstić information content (AvgIpc) is 2.90. The van der Waals surface area contributed by atoms with E-state index in [1.165, 1.54) is 22.0 Å². The third kappa shape index (κ3) is 4.46. The Kier molecular flexibility index (Phi) is 5.20. The van der Waals surface area contributed by atoms with Crippen molar-refractivity contribution >= 4 is 38.9 Å². The molecule has 0 saturated carbocycles. The minimum Gasteiger partial charge on any atom is -0.431 e. The van der Waals surface area contributed by atoms with Gasteiger partial charge in [0, 0.05) is 23.7 Å². The summed E-state index contributed by atoms with van der Waals surface area (Å²) in [6.45, 7) is 4.03. The lowest BCUT2D eigenvalue weighted by molar-refractivity contribution is -0.120. The Morgan fingerprint density at radius 3 is 2.84 bits per heavy atom. The predicted molar refractivity (Wildman–Crippen MR) is 99.9 cm³/mol. The van der Waals surface area contributed by atoms with Crippen LogP contribution in [-0.4, -0.2) is 15.3 Å². The lowest BCUT2D eigenvalue weighted by atomic mass is 10.1. The quantitative estimate of drug-likeness (QED) is 0.634. The van der Waals surface area contributed by atoms with E-state index in [9.17, 15) is 9.59 Å². The highest BCUT2D eigenvalue weighted by atomic mass is 35.5. The van der Waals surface area contributed by atoms with Gasteiger partial charge in [0.25, 0.3) is 10.8 Å². The summed E-state index contributed by atoms with van der Waals surface area (Å²) in [5.41, 5.74) is 0.510. The van der Waals surface area contributed by atoms with Gasteiger partial charge in [0.1, 0.15) is 5.75 Å². The fraction of sp³-hybridized carbons (Fsp3) is 0.278. The molecule has 0 unspecified atom stereocenters. The Bertz CT molecular complexity index is 978. The molecule has 2 heterocycles. The molecule has 3 aromatic rings. The number of thiazole rings is 1. The number of pyridine rings is 1. The van der Waals surface area contributed by atoms with E-state index in [1.54, 1.807) is 18.3 Å². The topological polar surface area (TPSA) is 61.2 Å². The number of carbonyl (C=O) groups excluding carboxylic acids is 1. The summed E-state index contributed by atoms with van der Waals surface area (Å²) >= 11 is 7.32. The summed E-state index contributed by atoms with van der Waals surface area (Å²) < 4.78 is 7.97. The molecule has 2 aromatic heterocycles. The highest BCUT2D eigenvalue weighted by Gasteiger charge is 2.10. The maximum atomic E-state index is 12.2. The first-order valence-corrected chi connectivity index (χ1v) is 9.06. The molecule has 3 rings (SSSR count). The number of rotatable bonds is 6. The molecule has 1 aromatic carbocycles. The molecule has 5 nitrogen and oxygen atoms in total. The van der Waals surface area contributed by atoms with E-state index in [2.05, 4.69) is 4.98 Å². The molecule has 0 atom stereocenters. The van der Waals surface area contributed by atoms with Crippen molar-refractivity contribution in [1.82, 2.24) is 9.55 Å². The van der Waals surface area contributed by atoms with Gasteiger partial charge in [-0.3, -0.25) is 9.59 Å². The average molecular weight is 377 g/mol. The highest BCUT2D eigenvalue weighted by molar-refractivity contribution is 7.20. The molecule has 25 heavy (non-hydrogen) atoms. The maximum Gasteiger partial charge on any atom is 0.279 e. The van der Waals surface area contributed by atoms with Crippen LogP contribution in [0.4, 0.5) is 0 Å². The molecule has 0 amide bonds. The van der Waals surface area contributed by atoms with Crippen LogP contribution >= 0.6 is 22.9 Å². The number of ether oxygens (including phenoxy) is 1. The summed E-state index contributed by atoms with van der Waals surface area (Å²) in [5, 5.41) is 1.07. The lowest BCUT2D eigenvalue weighted by Crippen LogP contribution is -2.23. The molecule has 0 spiro atoms. The molecule has 0 bridgehead atoms. The first-order valence-electron chi connectivity index (χ1n) is 7.87. The zero-order valence-electron chi connectivity index (χ0n) is 13.9. The molecule has 0 radical (unpaired) electrons. The van der Waals surface area contributed by atoms with Gasteiger partial charge in [-0.05, 0) is 30.2 Å². The number of fused-ring (bicyclic) bond motifs is 1. The largest absolute Gasteiger partial charge is 0.431 e. The second kappa shape index (κ2) is 7.37. The number of benzene rings is 1. The molecule has 0 aliphatic carbocycles. The zero-order valence-corrected chi connectivity index (χ0v) is 15.4. The number of ketones is 1. The lowest BCUT2D eigenvalue weighted by Gasteiger charge is -2.08. The number of aromatic nitrogens is 2. The summed E-state index contributed by atoms with van der Waals surface area (Å²) in [7, 11) is 0. The number of Topliss-reactive ketones (excluding diaryl/α,β-unsaturated/α-hetero) is 1. The third-order valence-electron chi connectivity index (χ3n) is 3.49. The van der Waals surface area contributed by atoms with Crippen molar-refractivity contribution in [2.75, 3.05) is 0 Å². The number of nitrogens with zero attached hydrogens (tertiary/aromatic N) is 2. The SMILES string of the molecule is CC(C)CC(=O)Cn1ccc(Oc2nc3ccc(Cl)cc3s2)cc1=O. The van der Waals surface area contributed by atoms with Gasteiger partial charge in [0.2, 0.25) is 0 Å². The van der Waals surface area contributed by atoms with Crippen LogP contribution < -0.4 is 10.3 Å². The fourth-order valence-electron chi connectivity index (χ4n) is 2.42. The van der Waals surface area contributed by atoms with E-state index in [0.717, 1.165) is 10.2 Å². The van der Waals surface area contributed by atoms with Crippen molar-refractivity contribution in [3.8, 4) is 10.9 Å². The van der Waals surface area contributed by atoms with Crippen LogP contribution in [0.1, 0.15) is 20.3 Å². The maximum absolute atomic E-state index is 12.2. The van der Waals surface area contributed by atoms with E-state index in [4.69, 9.17) is 16.3 Å². The molecule has 0 aliphatic rings. The van der Waals surface area contributed by atoms with Gasteiger partial charge in [-0.15, -0.1) is 0 Å². The monoisotopic (exact) mass is 376 g/mol. The van der Waals surface area contributed by atoms with E-state index < -0.39 is 0 Å². The number of carbonyl (C=O) groups is 1. The summed E-state index contributed by atoms with van der Waals surface area (Å²) in [6, 6.07) is 8.42. The predicted octanol–water partition coefficient (Wildman–Crippen LogP) is 4.52. The van der Waals surface area contributed by atoms with Gasteiger partial charge < -0.3 is 9.30 Å². The molecule has 130 valence electrons. The molecule has 0 saturated heterocycles. The van der Waals surface area contributed by atoms with Crippen LogP contribution in [0.15, 0.2) is 41.3 Å². The minimum atomic E-state index is -0.279. The smallest absolute Gasteiger partial charge is 0.279 e. The van der Waals surface area contributed by atoms with E-state index in [1.807, 2.05) is 26.0 Å². The van der Waals surface area contributed by atoms with Crippen molar-refractivity contribution in [1.29, 1.82) is 0 Å². The normalized spacial score (nSPS) is 11.2. The van der Waals surface area contributed by atoms with Gasteiger partial charge >= 0.3 is 0 Å². The summed E-state index contributed by atoms with van der Waals surface area (Å²) in [6.07, 6.45) is 2.03. The Morgan fingerprint density at radius 2 is 2.12 bits per heavy atom. The Hall–Kier alpha value is -2.18. The van der Waals surface area contributed by atoms with Gasteiger partial charge in [-0.2, -0.15) is 0 Å². The van der Waals surface area contributed by atoms with E-state index in [0.29, 0.717) is 22.4 Å². The van der Waals surface area contributed by atoms with Crippen LogP contribution in [0.3, 0.4) is 0 Å². The summed E-state index contributed by atoms with van der Waals surface area (Å²) in [5.74, 6) is 0.704.